The Morgan fingerprint density at radius 3 is 1.50 bits per heavy atom. The predicted octanol–water partition coefficient (Wildman–Crippen LogP) is 8.53. The second-order valence-corrected chi connectivity index (χ2v) is 17.0. The molecular weight excluding hydrogens is 548 g/mol. The fraction of sp³-hybridized carbons (Fsp3) is 0.789. The minimum Gasteiger partial charge on any atom is -0.480 e. The number of nitrogens with zero attached hydrogens (tertiary/aromatic N) is 2. The standard InChI is InChI=1S/C38H64N2O4/c1-34(2)24-29(25-35(3,4)39(34)9)31(30-26-36(5,6)40(10)37(7,8)27-30)21-17-12-11-13-18-22-38(32(41)42,33(43)44)23-28-19-15-14-16-20-28/h14-16,19-20,29-31H,11-13,17-18,21-27H2,1-10H3,(H,41,42)(H,43,44). The molecule has 3 rings (SSSR count). The summed E-state index contributed by atoms with van der Waals surface area (Å²) in [5.41, 5.74) is -0.343. The van der Waals surface area contributed by atoms with Gasteiger partial charge >= 0.3 is 11.9 Å². The molecule has 0 aromatic heterocycles. The highest BCUT2D eigenvalue weighted by atomic mass is 16.4. The van der Waals surface area contributed by atoms with Crippen molar-refractivity contribution in [2.75, 3.05) is 14.1 Å². The van der Waals surface area contributed by atoms with Crippen molar-refractivity contribution in [1.29, 1.82) is 0 Å². The first-order valence-electron chi connectivity index (χ1n) is 17.2. The summed E-state index contributed by atoms with van der Waals surface area (Å²) >= 11 is 0. The Kier molecular flexibility index (Phi) is 11.5. The number of carboxylic acids is 2. The number of carboxylic acid groups (broad SMARTS) is 2. The molecule has 2 fully saturated rings. The van der Waals surface area contributed by atoms with E-state index in [1.54, 1.807) is 0 Å². The smallest absolute Gasteiger partial charge is 0.321 e. The molecule has 250 valence electrons. The first-order chi connectivity index (χ1) is 20.3. The van der Waals surface area contributed by atoms with Gasteiger partial charge in [-0.05, 0) is 138 Å². The van der Waals surface area contributed by atoms with Crippen LogP contribution in [-0.4, -0.2) is 68.2 Å². The lowest BCUT2D eigenvalue weighted by Crippen LogP contribution is -2.62. The van der Waals surface area contributed by atoms with Gasteiger partial charge in [-0.3, -0.25) is 19.4 Å². The lowest BCUT2D eigenvalue weighted by molar-refractivity contribution is -0.165. The summed E-state index contributed by atoms with van der Waals surface area (Å²) in [5, 5.41) is 20.0. The molecule has 0 bridgehead atoms. The van der Waals surface area contributed by atoms with E-state index in [1.165, 1.54) is 38.5 Å². The van der Waals surface area contributed by atoms with Gasteiger partial charge < -0.3 is 10.2 Å². The Morgan fingerprint density at radius 2 is 1.09 bits per heavy atom. The average molecular weight is 613 g/mol. The number of carbonyl (C=O) groups is 2. The number of rotatable bonds is 14. The van der Waals surface area contributed by atoms with Crippen LogP contribution in [0.4, 0.5) is 0 Å². The first-order valence-corrected chi connectivity index (χ1v) is 17.2. The topological polar surface area (TPSA) is 81.1 Å². The minimum absolute atomic E-state index is 0.0206. The number of likely N-dealkylation sites (tertiary alicyclic amines) is 2. The Morgan fingerprint density at radius 1 is 0.705 bits per heavy atom. The minimum atomic E-state index is -1.77. The number of piperidine rings is 2. The Hall–Kier alpha value is -1.92. The van der Waals surface area contributed by atoms with Crippen molar-refractivity contribution in [3.63, 3.8) is 0 Å². The summed E-state index contributed by atoms with van der Waals surface area (Å²) in [5.74, 6) is -0.386. The number of unbranched alkanes of at least 4 members (excludes halogenated alkanes) is 4. The van der Waals surface area contributed by atoms with Crippen LogP contribution in [0.15, 0.2) is 30.3 Å². The van der Waals surface area contributed by atoms with Gasteiger partial charge in [0.1, 0.15) is 0 Å². The van der Waals surface area contributed by atoms with Crippen LogP contribution in [-0.2, 0) is 16.0 Å². The van der Waals surface area contributed by atoms with E-state index < -0.39 is 17.4 Å². The predicted molar refractivity (Wildman–Crippen MR) is 181 cm³/mol. The van der Waals surface area contributed by atoms with Crippen LogP contribution < -0.4 is 0 Å². The lowest BCUT2D eigenvalue weighted by Gasteiger charge is -2.59. The number of hydrogen-bond acceptors (Lipinski definition) is 4. The molecule has 0 spiro atoms. The van der Waals surface area contributed by atoms with Crippen LogP contribution in [0, 0.1) is 23.2 Å². The zero-order valence-corrected chi connectivity index (χ0v) is 29.7. The van der Waals surface area contributed by atoms with E-state index >= 15 is 0 Å². The fourth-order valence-corrected chi connectivity index (χ4v) is 9.19. The zero-order valence-electron chi connectivity index (χ0n) is 29.7. The van der Waals surface area contributed by atoms with Crippen LogP contribution in [0.2, 0.25) is 0 Å². The van der Waals surface area contributed by atoms with E-state index in [9.17, 15) is 19.8 Å². The summed E-state index contributed by atoms with van der Waals surface area (Å²) < 4.78 is 0. The van der Waals surface area contributed by atoms with Crippen LogP contribution in [0.3, 0.4) is 0 Å². The van der Waals surface area contributed by atoms with Crippen molar-refractivity contribution < 1.29 is 19.8 Å². The Bertz CT molecular complexity index is 1020. The van der Waals surface area contributed by atoms with Crippen molar-refractivity contribution in [3.05, 3.63) is 35.9 Å². The third kappa shape index (κ3) is 8.26. The quantitative estimate of drug-likeness (QED) is 0.162. The van der Waals surface area contributed by atoms with Crippen LogP contribution in [0.25, 0.3) is 0 Å². The van der Waals surface area contributed by atoms with Gasteiger partial charge in [-0.25, -0.2) is 0 Å². The van der Waals surface area contributed by atoms with Crippen molar-refractivity contribution in [3.8, 4) is 0 Å². The molecule has 0 saturated carbocycles. The Balaban J connectivity index is 1.65. The third-order valence-corrected chi connectivity index (χ3v) is 12.2. The van der Waals surface area contributed by atoms with E-state index in [-0.39, 0.29) is 35.0 Å². The fourth-order valence-electron chi connectivity index (χ4n) is 9.19. The van der Waals surface area contributed by atoms with Crippen LogP contribution in [0.5, 0.6) is 0 Å². The summed E-state index contributed by atoms with van der Waals surface area (Å²) in [7, 11) is 4.60. The molecule has 2 heterocycles. The van der Waals surface area contributed by atoms with E-state index in [4.69, 9.17) is 0 Å². The Labute approximate surface area is 269 Å². The molecule has 2 aliphatic heterocycles. The van der Waals surface area contributed by atoms with Gasteiger partial charge in [0.25, 0.3) is 0 Å². The van der Waals surface area contributed by atoms with Gasteiger partial charge in [-0.2, -0.15) is 0 Å². The van der Waals surface area contributed by atoms with Crippen LogP contribution >= 0.6 is 0 Å². The van der Waals surface area contributed by atoms with Crippen molar-refractivity contribution in [2.45, 2.75) is 155 Å². The second-order valence-electron chi connectivity index (χ2n) is 17.0. The maximum absolute atomic E-state index is 12.2. The molecule has 6 nitrogen and oxygen atoms in total. The number of hydrogen-bond donors (Lipinski definition) is 2. The van der Waals surface area contributed by atoms with Gasteiger partial charge in [0, 0.05) is 22.2 Å². The molecule has 44 heavy (non-hydrogen) atoms. The zero-order chi connectivity index (χ0) is 33.1. The SMILES string of the molecule is CN1C(C)(C)CC(C(CCCCCCCC(Cc2ccccc2)(C(=O)O)C(=O)O)C2CC(C)(C)N(C)C(C)(C)C2)CC1(C)C. The molecule has 2 N–H and O–H groups in total. The van der Waals surface area contributed by atoms with E-state index in [2.05, 4.69) is 79.3 Å². The maximum Gasteiger partial charge on any atom is 0.321 e. The summed E-state index contributed by atoms with van der Waals surface area (Å²) in [4.78, 5) is 29.7. The molecule has 6 heteroatoms. The van der Waals surface area contributed by atoms with Gasteiger partial charge in [0.2, 0.25) is 0 Å². The monoisotopic (exact) mass is 612 g/mol. The first kappa shape index (κ1) is 36.5. The summed E-state index contributed by atoms with van der Waals surface area (Å²) in [6, 6.07) is 9.16. The third-order valence-electron chi connectivity index (χ3n) is 12.2. The number of aliphatic carboxylic acids is 2. The number of benzene rings is 1. The molecule has 0 amide bonds. The maximum atomic E-state index is 12.2. The van der Waals surface area contributed by atoms with E-state index in [0.29, 0.717) is 24.2 Å². The molecule has 0 radical (unpaired) electrons. The van der Waals surface area contributed by atoms with Crippen molar-refractivity contribution >= 4 is 11.9 Å². The average Bonchev–Trinajstić information content (AvgIpc) is 2.90. The molecular formula is C38H64N2O4. The highest BCUT2D eigenvalue weighted by Crippen LogP contribution is 2.51. The molecule has 0 unspecified atom stereocenters. The normalized spacial score (nSPS) is 22.7. The largest absolute Gasteiger partial charge is 0.480 e. The van der Waals surface area contributed by atoms with E-state index in [1.807, 2.05) is 30.3 Å². The van der Waals surface area contributed by atoms with Crippen molar-refractivity contribution in [1.82, 2.24) is 9.80 Å². The van der Waals surface area contributed by atoms with Gasteiger partial charge in [-0.1, -0.05) is 62.4 Å². The molecule has 1 aromatic carbocycles. The summed E-state index contributed by atoms with van der Waals surface area (Å²) in [6.45, 7) is 19.4. The molecule has 1 aromatic rings. The highest BCUT2D eigenvalue weighted by molar-refractivity contribution is 5.98. The van der Waals surface area contributed by atoms with Crippen LogP contribution in [0.1, 0.15) is 132 Å². The van der Waals surface area contributed by atoms with E-state index in [0.717, 1.165) is 24.8 Å². The van der Waals surface area contributed by atoms with Crippen molar-refractivity contribution in [2.24, 2.45) is 23.2 Å². The van der Waals surface area contributed by atoms with Gasteiger partial charge in [-0.15, -0.1) is 0 Å². The highest BCUT2D eigenvalue weighted by Gasteiger charge is 2.50. The van der Waals surface area contributed by atoms with Gasteiger partial charge in [0.15, 0.2) is 5.41 Å². The molecule has 2 aliphatic rings. The summed E-state index contributed by atoms with van der Waals surface area (Å²) in [6.07, 6.45) is 11.1. The molecule has 0 aliphatic carbocycles. The molecule has 2 saturated heterocycles. The molecule has 0 atom stereocenters. The second kappa shape index (κ2) is 13.8. The lowest BCUT2D eigenvalue weighted by atomic mass is 9.60. The van der Waals surface area contributed by atoms with Gasteiger partial charge in [0.05, 0.1) is 0 Å².